The number of carboxylic acid groups (broad SMARTS) is 1. The van der Waals surface area contributed by atoms with Gasteiger partial charge in [0.25, 0.3) is 0 Å². The van der Waals surface area contributed by atoms with Gasteiger partial charge in [0.05, 0.1) is 6.42 Å². The summed E-state index contributed by atoms with van der Waals surface area (Å²) < 4.78 is 1.21. The largest absolute Gasteiger partial charge is 0.481 e. The van der Waals surface area contributed by atoms with Crippen LogP contribution < -0.4 is 0 Å². The van der Waals surface area contributed by atoms with E-state index in [0.29, 0.717) is 0 Å². The lowest BCUT2D eigenvalue weighted by Crippen LogP contribution is -2.00. The van der Waals surface area contributed by atoms with Crippen LogP contribution in [0.2, 0.25) is 0 Å². The molecule has 1 N–H and O–H groups in total. The molecule has 0 aliphatic heterocycles. The van der Waals surface area contributed by atoms with E-state index in [2.05, 4.69) is 13.0 Å². The number of carbonyl (C=O) groups is 1. The van der Waals surface area contributed by atoms with Crippen molar-refractivity contribution >= 4 is 27.4 Å². The Morgan fingerprint density at radius 1 is 1.40 bits per heavy atom. The fourth-order valence-electron chi connectivity index (χ4n) is 1.80. The molecule has 0 saturated carbocycles. The third-order valence-corrected chi connectivity index (χ3v) is 3.84. The molecule has 0 amide bonds. The van der Waals surface area contributed by atoms with E-state index in [1.54, 1.807) is 11.3 Å². The molecule has 0 aliphatic carbocycles. The Morgan fingerprint density at radius 3 is 2.80 bits per heavy atom. The molecule has 1 aromatic heterocycles. The molecule has 0 fully saturated rings. The van der Waals surface area contributed by atoms with Gasteiger partial charge in [-0.1, -0.05) is 18.2 Å². The normalized spacial score (nSPS) is 10.8. The molecule has 3 heteroatoms. The van der Waals surface area contributed by atoms with Crippen molar-refractivity contribution in [3.8, 4) is 0 Å². The Labute approximate surface area is 92.2 Å². The van der Waals surface area contributed by atoms with Gasteiger partial charge in [-0.3, -0.25) is 4.79 Å². The number of hydrogen-bond acceptors (Lipinski definition) is 2. The molecular weight excluding hydrogens is 208 g/mol. The first-order valence-corrected chi connectivity index (χ1v) is 5.60. The van der Waals surface area contributed by atoms with Gasteiger partial charge in [-0.25, -0.2) is 0 Å². The van der Waals surface area contributed by atoms with Crippen molar-refractivity contribution in [1.82, 2.24) is 0 Å². The van der Waals surface area contributed by atoms with Gasteiger partial charge in [0.1, 0.15) is 0 Å². The maximum atomic E-state index is 10.8. The van der Waals surface area contributed by atoms with Gasteiger partial charge in [0, 0.05) is 9.58 Å². The van der Waals surface area contributed by atoms with E-state index in [9.17, 15) is 4.79 Å². The zero-order chi connectivity index (χ0) is 11.0. The Bertz CT molecular complexity index is 526. The Hall–Kier alpha value is -1.35. The van der Waals surface area contributed by atoms with Crippen LogP contribution in [0.5, 0.6) is 0 Å². The van der Waals surface area contributed by atoms with E-state index >= 15 is 0 Å². The first-order chi connectivity index (χ1) is 7.09. The number of aryl methyl sites for hydroxylation is 2. The van der Waals surface area contributed by atoms with Crippen LogP contribution >= 0.6 is 11.3 Å². The summed E-state index contributed by atoms with van der Waals surface area (Å²) in [5.41, 5.74) is 2.18. The van der Waals surface area contributed by atoms with Gasteiger partial charge in [-0.2, -0.15) is 0 Å². The fraction of sp³-hybridized carbons (Fsp3) is 0.250. The molecule has 2 aromatic rings. The number of benzene rings is 1. The van der Waals surface area contributed by atoms with E-state index < -0.39 is 5.97 Å². The maximum absolute atomic E-state index is 10.8. The Morgan fingerprint density at radius 2 is 2.13 bits per heavy atom. The van der Waals surface area contributed by atoms with Crippen LogP contribution in [0.25, 0.3) is 10.1 Å². The maximum Gasteiger partial charge on any atom is 0.307 e. The quantitative estimate of drug-likeness (QED) is 0.844. The van der Waals surface area contributed by atoms with E-state index in [-0.39, 0.29) is 6.42 Å². The van der Waals surface area contributed by atoms with Crippen molar-refractivity contribution in [2.24, 2.45) is 0 Å². The molecule has 0 radical (unpaired) electrons. The second-order valence-corrected chi connectivity index (χ2v) is 4.88. The highest BCUT2D eigenvalue weighted by Gasteiger charge is 2.12. The van der Waals surface area contributed by atoms with Gasteiger partial charge in [0.15, 0.2) is 0 Å². The summed E-state index contributed by atoms with van der Waals surface area (Å²) >= 11 is 1.68. The summed E-state index contributed by atoms with van der Waals surface area (Å²) in [7, 11) is 0. The van der Waals surface area contributed by atoms with Gasteiger partial charge < -0.3 is 5.11 Å². The lowest BCUT2D eigenvalue weighted by atomic mass is 10.1. The highest BCUT2D eigenvalue weighted by atomic mass is 32.1. The van der Waals surface area contributed by atoms with Crippen molar-refractivity contribution in [2.45, 2.75) is 20.3 Å². The zero-order valence-electron chi connectivity index (χ0n) is 8.70. The molecule has 0 aliphatic rings. The predicted molar refractivity (Wildman–Crippen MR) is 62.6 cm³/mol. The number of carboxylic acids is 1. The summed E-state index contributed by atoms with van der Waals surface area (Å²) in [6.45, 7) is 4.05. The summed E-state index contributed by atoms with van der Waals surface area (Å²) in [5, 5.41) is 9.94. The fourth-order valence-corrected chi connectivity index (χ4v) is 2.94. The second-order valence-electron chi connectivity index (χ2n) is 3.66. The highest BCUT2D eigenvalue weighted by Crippen LogP contribution is 2.33. The van der Waals surface area contributed by atoms with Crippen LogP contribution in [0.4, 0.5) is 0 Å². The van der Waals surface area contributed by atoms with Gasteiger partial charge in [0.2, 0.25) is 0 Å². The van der Waals surface area contributed by atoms with Crippen molar-refractivity contribution in [2.75, 3.05) is 0 Å². The van der Waals surface area contributed by atoms with Crippen LogP contribution in [-0.2, 0) is 11.2 Å². The average Bonchev–Trinajstić information content (AvgIpc) is 2.45. The Kier molecular flexibility index (Phi) is 2.49. The average molecular weight is 220 g/mol. The number of fused-ring (bicyclic) bond motifs is 1. The second kappa shape index (κ2) is 3.66. The van der Waals surface area contributed by atoms with E-state index in [1.807, 2.05) is 19.1 Å². The van der Waals surface area contributed by atoms with Crippen molar-refractivity contribution in [1.29, 1.82) is 0 Å². The summed E-state index contributed by atoms with van der Waals surface area (Å²) in [6, 6.07) is 6.04. The topological polar surface area (TPSA) is 37.3 Å². The summed E-state index contributed by atoms with van der Waals surface area (Å²) in [6.07, 6.45) is 0.120. The zero-order valence-corrected chi connectivity index (χ0v) is 9.52. The van der Waals surface area contributed by atoms with Gasteiger partial charge >= 0.3 is 5.97 Å². The molecule has 15 heavy (non-hydrogen) atoms. The first kappa shape index (κ1) is 10.2. The van der Waals surface area contributed by atoms with Crippen LogP contribution in [0.3, 0.4) is 0 Å². The smallest absolute Gasteiger partial charge is 0.307 e. The number of thiophene rings is 1. The van der Waals surface area contributed by atoms with E-state index in [1.165, 1.54) is 10.3 Å². The molecule has 0 unspecified atom stereocenters. The van der Waals surface area contributed by atoms with Crippen molar-refractivity contribution < 1.29 is 9.90 Å². The monoisotopic (exact) mass is 220 g/mol. The molecule has 0 spiro atoms. The van der Waals surface area contributed by atoms with Crippen LogP contribution in [0.1, 0.15) is 16.0 Å². The molecule has 2 rings (SSSR count). The highest BCUT2D eigenvalue weighted by molar-refractivity contribution is 7.19. The number of hydrogen-bond donors (Lipinski definition) is 1. The molecular formula is C12H12O2S. The Balaban J connectivity index is 2.68. The van der Waals surface area contributed by atoms with E-state index in [4.69, 9.17) is 5.11 Å². The van der Waals surface area contributed by atoms with Crippen molar-refractivity contribution in [3.63, 3.8) is 0 Å². The van der Waals surface area contributed by atoms with Crippen LogP contribution in [0, 0.1) is 13.8 Å². The molecule has 1 heterocycles. The molecule has 1 aromatic carbocycles. The van der Waals surface area contributed by atoms with Gasteiger partial charge in [-0.05, 0) is 30.4 Å². The van der Waals surface area contributed by atoms with Crippen molar-refractivity contribution in [3.05, 3.63) is 34.2 Å². The van der Waals surface area contributed by atoms with E-state index in [0.717, 1.165) is 15.8 Å². The standard InChI is InChI=1S/C12H12O2S/c1-7-4-3-5-9-10(6-11(13)14)8(2)15-12(7)9/h3-5H,6H2,1-2H3,(H,13,14). The third kappa shape index (κ3) is 1.75. The van der Waals surface area contributed by atoms with Crippen LogP contribution in [0.15, 0.2) is 18.2 Å². The molecule has 78 valence electrons. The molecule has 0 atom stereocenters. The lowest BCUT2D eigenvalue weighted by molar-refractivity contribution is -0.136. The first-order valence-electron chi connectivity index (χ1n) is 4.79. The van der Waals surface area contributed by atoms with Gasteiger partial charge in [-0.15, -0.1) is 11.3 Å². The van der Waals surface area contributed by atoms with Crippen LogP contribution in [-0.4, -0.2) is 11.1 Å². The molecule has 0 saturated heterocycles. The third-order valence-electron chi connectivity index (χ3n) is 2.55. The minimum Gasteiger partial charge on any atom is -0.481 e. The minimum absolute atomic E-state index is 0.120. The molecule has 0 bridgehead atoms. The minimum atomic E-state index is -0.765. The number of rotatable bonds is 2. The predicted octanol–water partition coefficient (Wildman–Crippen LogP) is 3.15. The lowest BCUT2D eigenvalue weighted by Gasteiger charge is -1.97. The summed E-state index contributed by atoms with van der Waals surface area (Å²) in [5.74, 6) is -0.765. The molecule has 2 nitrogen and oxygen atoms in total. The summed E-state index contributed by atoms with van der Waals surface area (Å²) in [4.78, 5) is 11.9. The SMILES string of the molecule is Cc1sc2c(C)cccc2c1CC(=O)O. The number of aliphatic carboxylic acids is 1.